The van der Waals surface area contributed by atoms with E-state index in [1.807, 2.05) is 12.1 Å². The Hall–Kier alpha value is -2.16. The zero-order valence-electron chi connectivity index (χ0n) is 16.2. The molecule has 1 fully saturated rings. The molecule has 2 aromatic rings. The predicted octanol–water partition coefficient (Wildman–Crippen LogP) is 7.53. The Labute approximate surface area is 161 Å². The van der Waals surface area contributed by atoms with E-state index in [9.17, 15) is 8.78 Å². The van der Waals surface area contributed by atoms with Crippen LogP contribution in [-0.4, -0.2) is 7.11 Å². The maximum atomic E-state index is 14.6. The summed E-state index contributed by atoms with van der Waals surface area (Å²) < 4.78 is 34.1. The van der Waals surface area contributed by atoms with Gasteiger partial charge >= 0.3 is 0 Å². The van der Waals surface area contributed by atoms with Crippen LogP contribution in [0.5, 0.6) is 5.75 Å². The topological polar surface area (TPSA) is 9.23 Å². The molecule has 144 valence electrons. The molecule has 1 aliphatic rings. The van der Waals surface area contributed by atoms with Crippen molar-refractivity contribution in [1.29, 1.82) is 0 Å². The summed E-state index contributed by atoms with van der Waals surface area (Å²) in [4.78, 5) is 0. The molecule has 0 unspecified atom stereocenters. The van der Waals surface area contributed by atoms with E-state index >= 15 is 0 Å². The zero-order valence-corrected chi connectivity index (χ0v) is 16.2. The van der Waals surface area contributed by atoms with Crippen molar-refractivity contribution in [2.75, 3.05) is 7.11 Å². The van der Waals surface area contributed by atoms with Gasteiger partial charge in [-0.2, -0.15) is 0 Å². The van der Waals surface area contributed by atoms with Gasteiger partial charge in [-0.1, -0.05) is 44.0 Å². The SMILES string of the molecule is CCCC1CCC(c2ccc(/C(F)=C(\F)c3ccc(OC)cc3)cc2)CC1. The van der Waals surface area contributed by atoms with Gasteiger partial charge in [-0.15, -0.1) is 0 Å². The van der Waals surface area contributed by atoms with Crippen LogP contribution in [0.15, 0.2) is 48.5 Å². The maximum Gasteiger partial charge on any atom is 0.166 e. The normalized spacial score (nSPS) is 20.9. The average molecular weight is 370 g/mol. The molecule has 0 radical (unpaired) electrons. The number of hydrogen-bond donors (Lipinski definition) is 0. The number of hydrogen-bond acceptors (Lipinski definition) is 1. The van der Waals surface area contributed by atoms with Crippen molar-refractivity contribution in [3.8, 4) is 5.75 Å². The van der Waals surface area contributed by atoms with Gasteiger partial charge in [-0.05, 0) is 67.3 Å². The van der Waals surface area contributed by atoms with Crippen molar-refractivity contribution in [3.63, 3.8) is 0 Å². The second-order valence-corrected chi connectivity index (χ2v) is 7.48. The monoisotopic (exact) mass is 370 g/mol. The summed E-state index contributed by atoms with van der Waals surface area (Å²) in [7, 11) is 1.54. The number of benzene rings is 2. The summed E-state index contributed by atoms with van der Waals surface area (Å²) in [5.74, 6) is 0.365. The molecule has 27 heavy (non-hydrogen) atoms. The van der Waals surface area contributed by atoms with Crippen molar-refractivity contribution >= 4 is 11.7 Å². The molecular formula is C24H28F2O. The van der Waals surface area contributed by atoms with Gasteiger partial charge in [-0.25, -0.2) is 8.78 Å². The molecule has 2 aromatic carbocycles. The third-order valence-electron chi connectivity index (χ3n) is 5.72. The molecule has 0 aromatic heterocycles. The molecule has 0 amide bonds. The minimum Gasteiger partial charge on any atom is -0.497 e. The molecule has 1 saturated carbocycles. The Morgan fingerprint density at radius 1 is 0.852 bits per heavy atom. The smallest absolute Gasteiger partial charge is 0.166 e. The summed E-state index contributed by atoms with van der Waals surface area (Å²) in [5, 5.41) is 0. The first-order chi connectivity index (χ1) is 13.1. The molecule has 0 saturated heterocycles. The highest BCUT2D eigenvalue weighted by atomic mass is 19.2. The molecule has 1 nitrogen and oxygen atoms in total. The molecule has 0 aliphatic heterocycles. The van der Waals surface area contributed by atoms with Crippen LogP contribution in [0.1, 0.15) is 68.1 Å². The predicted molar refractivity (Wildman–Crippen MR) is 108 cm³/mol. The van der Waals surface area contributed by atoms with E-state index in [1.54, 1.807) is 31.4 Å². The lowest BCUT2D eigenvalue weighted by Gasteiger charge is -2.28. The summed E-state index contributed by atoms with van der Waals surface area (Å²) in [5.41, 5.74) is 1.74. The van der Waals surface area contributed by atoms with Crippen LogP contribution in [0.25, 0.3) is 11.7 Å². The second kappa shape index (κ2) is 9.16. The van der Waals surface area contributed by atoms with Gasteiger partial charge in [0.25, 0.3) is 0 Å². The molecule has 0 bridgehead atoms. The Bertz CT molecular complexity index is 754. The molecule has 0 atom stereocenters. The van der Waals surface area contributed by atoms with Gasteiger partial charge in [0, 0.05) is 11.1 Å². The summed E-state index contributed by atoms with van der Waals surface area (Å²) in [6.45, 7) is 2.25. The van der Waals surface area contributed by atoms with Gasteiger partial charge in [0.05, 0.1) is 7.11 Å². The van der Waals surface area contributed by atoms with E-state index in [1.165, 1.54) is 56.2 Å². The van der Waals surface area contributed by atoms with E-state index in [0.29, 0.717) is 11.7 Å². The van der Waals surface area contributed by atoms with Crippen LogP contribution < -0.4 is 4.74 Å². The van der Waals surface area contributed by atoms with Crippen LogP contribution in [0.4, 0.5) is 8.78 Å². The summed E-state index contributed by atoms with van der Waals surface area (Å²) in [6, 6.07) is 13.6. The quantitative estimate of drug-likeness (QED) is 0.477. The first-order valence-corrected chi connectivity index (χ1v) is 9.92. The fourth-order valence-electron chi connectivity index (χ4n) is 4.09. The Morgan fingerprint density at radius 2 is 1.37 bits per heavy atom. The van der Waals surface area contributed by atoms with E-state index in [-0.39, 0.29) is 11.1 Å². The van der Waals surface area contributed by atoms with Gasteiger partial charge in [0.2, 0.25) is 0 Å². The van der Waals surface area contributed by atoms with Gasteiger partial charge < -0.3 is 4.74 Å². The van der Waals surface area contributed by atoms with Crippen molar-refractivity contribution in [2.45, 2.75) is 51.4 Å². The first-order valence-electron chi connectivity index (χ1n) is 9.92. The molecule has 0 N–H and O–H groups in total. The Balaban J connectivity index is 1.70. The van der Waals surface area contributed by atoms with Crippen molar-refractivity contribution < 1.29 is 13.5 Å². The maximum absolute atomic E-state index is 14.6. The third-order valence-corrected chi connectivity index (χ3v) is 5.72. The van der Waals surface area contributed by atoms with E-state index in [2.05, 4.69) is 6.92 Å². The standard InChI is InChI=1S/C24H28F2O/c1-3-4-17-5-7-18(8-6-17)19-9-11-20(12-10-19)23(25)24(26)21-13-15-22(27-2)16-14-21/h9-18H,3-8H2,1-2H3/b24-23+. The zero-order chi connectivity index (χ0) is 19.2. The number of rotatable bonds is 6. The van der Waals surface area contributed by atoms with Crippen LogP contribution in [-0.2, 0) is 0 Å². The number of methoxy groups -OCH3 is 1. The lowest BCUT2D eigenvalue weighted by molar-refractivity contribution is 0.308. The third kappa shape index (κ3) is 4.77. The highest BCUT2D eigenvalue weighted by molar-refractivity contribution is 5.83. The Morgan fingerprint density at radius 3 is 1.85 bits per heavy atom. The first kappa shape index (κ1) is 19.6. The molecule has 3 heteroatoms. The highest BCUT2D eigenvalue weighted by Crippen LogP contribution is 2.38. The lowest BCUT2D eigenvalue weighted by Crippen LogP contribution is -2.13. The van der Waals surface area contributed by atoms with E-state index in [0.717, 1.165) is 5.92 Å². The average Bonchev–Trinajstić information content (AvgIpc) is 2.74. The summed E-state index contributed by atoms with van der Waals surface area (Å²) in [6.07, 6.45) is 7.54. The van der Waals surface area contributed by atoms with Crippen molar-refractivity contribution in [2.24, 2.45) is 5.92 Å². The molecule has 1 aliphatic carbocycles. The van der Waals surface area contributed by atoms with Gasteiger partial charge in [0.15, 0.2) is 11.7 Å². The lowest BCUT2D eigenvalue weighted by atomic mass is 9.77. The molecule has 0 heterocycles. The molecule has 0 spiro atoms. The minimum absolute atomic E-state index is 0.214. The van der Waals surface area contributed by atoms with Crippen LogP contribution >= 0.6 is 0 Å². The largest absolute Gasteiger partial charge is 0.497 e. The fourth-order valence-corrected chi connectivity index (χ4v) is 4.09. The molecular weight excluding hydrogens is 342 g/mol. The van der Waals surface area contributed by atoms with E-state index in [4.69, 9.17) is 4.74 Å². The van der Waals surface area contributed by atoms with E-state index < -0.39 is 11.7 Å². The van der Waals surface area contributed by atoms with Gasteiger partial charge in [-0.3, -0.25) is 0 Å². The number of halogens is 2. The van der Waals surface area contributed by atoms with Crippen LogP contribution in [0.2, 0.25) is 0 Å². The van der Waals surface area contributed by atoms with Crippen LogP contribution in [0.3, 0.4) is 0 Å². The van der Waals surface area contributed by atoms with Crippen molar-refractivity contribution in [3.05, 3.63) is 65.2 Å². The van der Waals surface area contributed by atoms with Crippen LogP contribution in [0, 0.1) is 5.92 Å². The fraction of sp³-hybridized carbons (Fsp3) is 0.417. The Kier molecular flexibility index (Phi) is 6.65. The minimum atomic E-state index is -0.842. The number of ether oxygens (including phenoxy) is 1. The molecule has 3 rings (SSSR count). The highest BCUT2D eigenvalue weighted by Gasteiger charge is 2.22. The summed E-state index contributed by atoms with van der Waals surface area (Å²) >= 11 is 0. The van der Waals surface area contributed by atoms with Crippen molar-refractivity contribution in [1.82, 2.24) is 0 Å². The van der Waals surface area contributed by atoms with Gasteiger partial charge in [0.1, 0.15) is 5.75 Å². The second-order valence-electron chi connectivity index (χ2n) is 7.48.